The largest absolute Gasteiger partial charge is 0.356 e. The molecule has 4 heterocycles. The van der Waals surface area contributed by atoms with Crippen LogP contribution < -0.4 is 16.2 Å². The van der Waals surface area contributed by atoms with Gasteiger partial charge in [0.25, 0.3) is 5.56 Å². The first-order valence-electron chi connectivity index (χ1n) is 13.0. The maximum atomic E-state index is 15.1. The molecule has 0 aliphatic carbocycles. The van der Waals surface area contributed by atoms with Crippen molar-refractivity contribution in [3.63, 3.8) is 0 Å². The number of hydrogen-bond donors (Lipinski definition) is 2. The van der Waals surface area contributed by atoms with Crippen molar-refractivity contribution in [2.24, 2.45) is 12.8 Å². The van der Waals surface area contributed by atoms with Crippen LogP contribution in [0.4, 0.5) is 20.3 Å². The summed E-state index contributed by atoms with van der Waals surface area (Å²) in [5.41, 5.74) is 9.23. The number of pyridine rings is 2. The van der Waals surface area contributed by atoms with Gasteiger partial charge in [0.1, 0.15) is 11.3 Å². The van der Waals surface area contributed by atoms with Gasteiger partial charge in [-0.25, -0.2) is 22.2 Å². The van der Waals surface area contributed by atoms with Crippen molar-refractivity contribution in [1.82, 2.24) is 19.4 Å². The summed E-state index contributed by atoms with van der Waals surface area (Å²) in [6, 6.07) is 4.26. The molecule has 0 saturated heterocycles. The highest BCUT2D eigenvalue weighted by atomic mass is 32.2. The van der Waals surface area contributed by atoms with Crippen LogP contribution in [0.5, 0.6) is 0 Å². The molecule has 10 nitrogen and oxygen atoms in total. The van der Waals surface area contributed by atoms with E-state index < -0.39 is 26.7 Å². The molecule has 5 rings (SSSR count). The van der Waals surface area contributed by atoms with E-state index in [1.807, 2.05) is 0 Å². The van der Waals surface area contributed by atoms with Gasteiger partial charge < -0.3 is 25.1 Å². The van der Waals surface area contributed by atoms with Crippen molar-refractivity contribution < 1.29 is 22.0 Å². The Kier molecular flexibility index (Phi) is 7.43. The Labute approximate surface area is 235 Å². The number of carbonyl (C=O) groups excluding carboxylic acids is 1. The number of sulfone groups is 1. The number of nitrogens with two attached hydrogens (primary N) is 1. The number of amides is 1. The van der Waals surface area contributed by atoms with Crippen LogP contribution in [0.2, 0.25) is 0 Å². The van der Waals surface area contributed by atoms with E-state index in [2.05, 4.69) is 9.97 Å². The van der Waals surface area contributed by atoms with E-state index >= 15 is 4.39 Å². The first kappa shape index (κ1) is 28.4. The minimum absolute atomic E-state index is 0.114. The molecular weight excluding hydrogens is 554 g/mol. The zero-order valence-corrected chi connectivity index (χ0v) is 23.6. The van der Waals surface area contributed by atoms with Crippen LogP contribution in [0.3, 0.4) is 0 Å². The number of carbonyl (C=O) groups is 1. The molecule has 1 amide bonds. The molecule has 1 aliphatic heterocycles. The van der Waals surface area contributed by atoms with Gasteiger partial charge in [0, 0.05) is 67.9 Å². The SMILES string of the molecule is Cc1cc2c(cc1C(CCN(C=O)CCN)S(C)(=O)=O)-c1cn(C)c(=O)c3[nH]cc(c13)CN2c1ncc(F)cc1F. The van der Waals surface area contributed by atoms with E-state index in [4.69, 9.17) is 5.73 Å². The molecule has 41 heavy (non-hydrogen) atoms. The Hall–Kier alpha value is -4.10. The summed E-state index contributed by atoms with van der Waals surface area (Å²) in [5, 5.41) is -0.334. The van der Waals surface area contributed by atoms with Crippen molar-refractivity contribution in [3.05, 3.63) is 75.5 Å². The standard InChI is InChI=1S/C28H30F2N6O4S/c1-16-8-23-20(10-19(16)24(41(3,39)40)4-6-35(15-37)7-5-31)21-14-34(2)28(38)26-25(21)17(11-32-26)13-36(23)27-22(30)9-18(29)12-33-27/h8-12,14-15,24,32H,4-7,13,31H2,1-3H3. The summed E-state index contributed by atoms with van der Waals surface area (Å²) in [6.07, 6.45) is 6.20. The van der Waals surface area contributed by atoms with E-state index in [-0.39, 0.29) is 37.4 Å². The summed E-state index contributed by atoms with van der Waals surface area (Å²) in [4.78, 5) is 34.6. The molecule has 0 radical (unpaired) electrons. The van der Waals surface area contributed by atoms with E-state index in [0.717, 1.165) is 18.5 Å². The molecule has 4 aromatic rings. The fraction of sp³-hybridized carbons (Fsp3) is 0.321. The minimum Gasteiger partial charge on any atom is -0.356 e. The average molecular weight is 585 g/mol. The van der Waals surface area contributed by atoms with Gasteiger partial charge in [0.05, 0.1) is 23.7 Å². The molecule has 1 atom stereocenters. The molecule has 1 aliphatic rings. The smallest absolute Gasteiger partial charge is 0.274 e. The van der Waals surface area contributed by atoms with E-state index in [0.29, 0.717) is 57.4 Å². The highest BCUT2D eigenvalue weighted by molar-refractivity contribution is 7.90. The first-order valence-corrected chi connectivity index (χ1v) is 14.9. The van der Waals surface area contributed by atoms with Crippen LogP contribution >= 0.6 is 0 Å². The monoisotopic (exact) mass is 584 g/mol. The van der Waals surface area contributed by atoms with Crippen LogP contribution in [0.1, 0.15) is 28.4 Å². The zero-order chi connectivity index (χ0) is 29.6. The number of benzene rings is 1. The Balaban J connectivity index is 1.77. The van der Waals surface area contributed by atoms with Crippen LogP contribution in [0.15, 0.2) is 41.6 Å². The van der Waals surface area contributed by atoms with Gasteiger partial charge in [-0.15, -0.1) is 0 Å². The molecule has 3 aromatic heterocycles. The number of fused-ring (bicyclic) bond motifs is 2. The lowest BCUT2D eigenvalue weighted by Crippen LogP contribution is -2.31. The van der Waals surface area contributed by atoms with Crippen LogP contribution in [0.25, 0.3) is 22.0 Å². The number of rotatable bonds is 9. The lowest BCUT2D eigenvalue weighted by Gasteiger charge is -2.28. The van der Waals surface area contributed by atoms with Crippen molar-refractivity contribution in [1.29, 1.82) is 0 Å². The third-order valence-corrected chi connectivity index (χ3v) is 9.06. The summed E-state index contributed by atoms with van der Waals surface area (Å²) in [6.45, 7) is 2.59. The van der Waals surface area contributed by atoms with E-state index in [1.165, 1.54) is 9.47 Å². The number of aromatic nitrogens is 3. The Morgan fingerprint density at radius 1 is 1.22 bits per heavy atom. The second-order valence-electron chi connectivity index (χ2n) is 10.3. The Morgan fingerprint density at radius 3 is 2.63 bits per heavy atom. The van der Waals surface area contributed by atoms with Crippen molar-refractivity contribution >= 4 is 38.7 Å². The van der Waals surface area contributed by atoms with Gasteiger partial charge in [0.15, 0.2) is 21.5 Å². The molecule has 0 saturated carbocycles. The molecule has 0 bridgehead atoms. The summed E-state index contributed by atoms with van der Waals surface area (Å²) in [7, 11) is -2.04. The minimum atomic E-state index is -3.65. The maximum Gasteiger partial charge on any atom is 0.274 e. The lowest BCUT2D eigenvalue weighted by atomic mass is 9.94. The van der Waals surface area contributed by atoms with Crippen molar-refractivity contribution in [2.75, 3.05) is 30.8 Å². The maximum absolute atomic E-state index is 15.1. The van der Waals surface area contributed by atoms with Gasteiger partial charge in [0.2, 0.25) is 6.41 Å². The molecule has 216 valence electrons. The third-order valence-electron chi connectivity index (χ3n) is 7.53. The molecule has 1 unspecified atom stereocenters. The number of aryl methyl sites for hydroxylation is 2. The number of nitrogens with one attached hydrogen (secondary N) is 1. The first-order chi connectivity index (χ1) is 19.4. The summed E-state index contributed by atoms with van der Waals surface area (Å²) in [5.74, 6) is -1.80. The number of hydrogen-bond acceptors (Lipinski definition) is 7. The van der Waals surface area contributed by atoms with E-state index in [1.54, 1.807) is 43.4 Å². The van der Waals surface area contributed by atoms with Gasteiger partial charge in [-0.1, -0.05) is 0 Å². The Morgan fingerprint density at radius 2 is 1.98 bits per heavy atom. The quantitative estimate of drug-likeness (QED) is 0.289. The number of nitrogens with zero attached hydrogens (tertiary/aromatic N) is 4. The molecule has 13 heteroatoms. The third kappa shape index (κ3) is 5.10. The molecule has 1 aromatic carbocycles. The zero-order valence-electron chi connectivity index (χ0n) is 22.8. The predicted molar refractivity (Wildman–Crippen MR) is 153 cm³/mol. The second-order valence-corrected chi connectivity index (χ2v) is 12.6. The molecule has 0 fully saturated rings. The fourth-order valence-corrected chi connectivity index (χ4v) is 6.82. The normalized spacial score (nSPS) is 13.7. The van der Waals surface area contributed by atoms with Crippen LogP contribution in [0, 0.1) is 18.6 Å². The van der Waals surface area contributed by atoms with Gasteiger partial charge in [-0.05, 0) is 42.2 Å². The molecule has 3 N–H and O–H groups in total. The number of halogens is 2. The van der Waals surface area contributed by atoms with Gasteiger partial charge in [-0.3, -0.25) is 9.59 Å². The average Bonchev–Trinajstić information content (AvgIpc) is 3.28. The highest BCUT2D eigenvalue weighted by Crippen LogP contribution is 2.46. The van der Waals surface area contributed by atoms with Gasteiger partial charge in [-0.2, -0.15) is 0 Å². The Bertz CT molecular complexity index is 1840. The van der Waals surface area contributed by atoms with Crippen molar-refractivity contribution in [3.8, 4) is 11.1 Å². The topological polar surface area (TPSA) is 134 Å². The number of anilines is 2. The highest BCUT2D eigenvalue weighted by Gasteiger charge is 2.31. The molecular formula is C28H30F2N6O4S. The van der Waals surface area contributed by atoms with Crippen LogP contribution in [-0.4, -0.2) is 60.2 Å². The summed E-state index contributed by atoms with van der Waals surface area (Å²) >= 11 is 0. The molecule has 0 spiro atoms. The number of H-pyrrole nitrogens is 1. The van der Waals surface area contributed by atoms with Crippen LogP contribution in [-0.2, 0) is 28.2 Å². The summed E-state index contributed by atoms with van der Waals surface area (Å²) < 4.78 is 56.6. The second kappa shape index (κ2) is 10.7. The predicted octanol–water partition coefficient (Wildman–Crippen LogP) is 3.06. The fourth-order valence-electron chi connectivity index (χ4n) is 5.57. The van der Waals surface area contributed by atoms with Crippen molar-refractivity contribution in [2.45, 2.75) is 25.1 Å². The van der Waals surface area contributed by atoms with Gasteiger partial charge >= 0.3 is 0 Å². The number of aromatic amines is 1. The lowest BCUT2D eigenvalue weighted by molar-refractivity contribution is -0.118. The van der Waals surface area contributed by atoms with E-state index in [9.17, 15) is 22.4 Å².